The Morgan fingerprint density at radius 3 is 2.75 bits per heavy atom. The van der Waals surface area contributed by atoms with Crippen LogP contribution in [0.2, 0.25) is 0 Å². The highest BCUT2D eigenvalue weighted by molar-refractivity contribution is 5.73. The van der Waals surface area contributed by atoms with Gasteiger partial charge in [0.1, 0.15) is 18.6 Å². The molecule has 2 nitrogen and oxygen atoms in total. The molecule has 0 atom stereocenters. The van der Waals surface area contributed by atoms with Crippen LogP contribution >= 0.6 is 0 Å². The van der Waals surface area contributed by atoms with Crippen molar-refractivity contribution in [3.05, 3.63) is 36.2 Å². The number of rotatable bonds is 1. The molecule has 0 spiro atoms. The van der Waals surface area contributed by atoms with E-state index < -0.39 is 6.67 Å². The summed E-state index contributed by atoms with van der Waals surface area (Å²) in [5, 5.41) is 0. The highest BCUT2D eigenvalue weighted by Gasteiger charge is 1.97. The van der Waals surface area contributed by atoms with Crippen molar-refractivity contribution >= 4 is 11.0 Å². The minimum atomic E-state index is -0.613. The fraction of sp³-hybridized carbons (Fsp3) is 0.111. The molecular formula is C9H6FN2. The lowest BCUT2D eigenvalue weighted by atomic mass is 10.3. The molecule has 1 aromatic heterocycles. The van der Waals surface area contributed by atoms with Crippen LogP contribution in [0.3, 0.4) is 0 Å². The van der Waals surface area contributed by atoms with Gasteiger partial charge in [0.05, 0.1) is 11.0 Å². The second-order valence-electron chi connectivity index (χ2n) is 2.40. The molecule has 3 heteroatoms. The standard InChI is InChI=1S/C9H6FN2/c10-5-7-6-11-8-3-1-2-4-9(8)12-7/h1-4H,5H2. The smallest absolute Gasteiger partial charge is 0.134 e. The zero-order chi connectivity index (χ0) is 8.39. The maximum atomic E-state index is 12.1. The van der Waals surface area contributed by atoms with E-state index in [1.165, 1.54) is 0 Å². The number of hydrogen-bond donors (Lipinski definition) is 0. The second kappa shape index (κ2) is 2.85. The van der Waals surface area contributed by atoms with Gasteiger partial charge in [-0.25, -0.2) is 14.4 Å². The Hall–Kier alpha value is -1.51. The SMILES string of the molecule is FCc1[c]nc2ccccc2n1. The summed E-state index contributed by atoms with van der Waals surface area (Å²) < 4.78 is 12.1. The van der Waals surface area contributed by atoms with Crippen molar-refractivity contribution in [2.75, 3.05) is 0 Å². The minimum absolute atomic E-state index is 0.258. The summed E-state index contributed by atoms with van der Waals surface area (Å²) in [7, 11) is 0. The van der Waals surface area contributed by atoms with Gasteiger partial charge in [0.2, 0.25) is 0 Å². The summed E-state index contributed by atoms with van der Waals surface area (Å²) in [4.78, 5) is 7.93. The first-order valence-corrected chi connectivity index (χ1v) is 3.59. The molecule has 0 aliphatic rings. The molecule has 0 saturated carbocycles. The van der Waals surface area contributed by atoms with Crippen molar-refractivity contribution in [3.8, 4) is 0 Å². The maximum Gasteiger partial charge on any atom is 0.134 e. The number of hydrogen-bond acceptors (Lipinski definition) is 2. The molecule has 0 bridgehead atoms. The van der Waals surface area contributed by atoms with E-state index in [9.17, 15) is 4.39 Å². The normalized spacial score (nSPS) is 10.4. The molecule has 59 valence electrons. The fourth-order valence-electron chi connectivity index (χ4n) is 1.01. The summed E-state index contributed by atoms with van der Waals surface area (Å²) in [6.07, 6.45) is 2.52. The molecule has 2 aromatic rings. The van der Waals surface area contributed by atoms with Crippen LogP contribution in [0.15, 0.2) is 24.3 Å². The molecule has 0 saturated heterocycles. The van der Waals surface area contributed by atoms with Gasteiger partial charge in [-0.2, -0.15) is 0 Å². The predicted octanol–water partition coefficient (Wildman–Crippen LogP) is 1.90. The number of halogens is 1. The van der Waals surface area contributed by atoms with Crippen LogP contribution in [0.25, 0.3) is 11.0 Å². The molecule has 1 radical (unpaired) electrons. The molecular weight excluding hydrogens is 155 g/mol. The third-order valence-corrected chi connectivity index (χ3v) is 1.57. The zero-order valence-corrected chi connectivity index (χ0v) is 6.29. The molecule has 0 aliphatic heterocycles. The van der Waals surface area contributed by atoms with Crippen LogP contribution in [-0.2, 0) is 6.67 Å². The highest BCUT2D eigenvalue weighted by Crippen LogP contribution is 2.08. The number of para-hydroxylation sites is 2. The van der Waals surface area contributed by atoms with E-state index in [2.05, 4.69) is 16.2 Å². The Morgan fingerprint density at radius 1 is 1.25 bits per heavy atom. The average Bonchev–Trinajstić information content (AvgIpc) is 2.17. The molecule has 0 aliphatic carbocycles. The van der Waals surface area contributed by atoms with Gasteiger partial charge in [0.15, 0.2) is 0 Å². The first kappa shape index (κ1) is 7.16. The maximum absolute atomic E-state index is 12.1. The molecule has 1 heterocycles. The van der Waals surface area contributed by atoms with Crippen molar-refractivity contribution in [1.82, 2.24) is 9.97 Å². The van der Waals surface area contributed by atoms with Crippen LogP contribution < -0.4 is 0 Å². The molecule has 0 N–H and O–H groups in total. The summed E-state index contributed by atoms with van der Waals surface area (Å²) >= 11 is 0. The predicted molar refractivity (Wildman–Crippen MR) is 43.2 cm³/mol. The average molecular weight is 161 g/mol. The van der Waals surface area contributed by atoms with Gasteiger partial charge in [-0.3, -0.25) is 0 Å². The van der Waals surface area contributed by atoms with Gasteiger partial charge < -0.3 is 0 Å². The monoisotopic (exact) mass is 161 g/mol. The molecule has 1 aromatic carbocycles. The highest BCUT2D eigenvalue weighted by atomic mass is 19.1. The van der Waals surface area contributed by atoms with E-state index in [0.717, 1.165) is 5.52 Å². The number of alkyl halides is 1. The van der Waals surface area contributed by atoms with Gasteiger partial charge in [-0.05, 0) is 12.1 Å². The zero-order valence-electron chi connectivity index (χ0n) is 6.29. The summed E-state index contributed by atoms with van der Waals surface area (Å²) in [6, 6.07) is 7.33. The molecule has 0 fully saturated rings. The number of aromatic nitrogens is 2. The Bertz CT molecular complexity index is 400. The van der Waals surface area contributed by atoms with Crippen molar-refractivity contribution in [2.45, 2.75) is 6.67 Å². The second-order valence-corrected chi connectivity index (χ2v) is 2.40. The van der Waals surface area contributed by atoms with Crippen LogP contribution in [-0.4, -0.2) is 9.97 Å². The van der Waals surface area contributed by atoms with Gasteiger partial charge in [-0.1, -0.05) is 12.1 Å². The molecule has 2 rings (SSSR count). The van der Waals surface area contributed by atoms with E-state index in [1.54, 1.807) is 6.07 Å². The van der Waals surface area contributed by atoms with E-state index >= 15 is 0 Å². The lowest BCUT2D eigenvalue weighted by Gasteiger charge is -1.95. The largest absolute Gasteiger partial charge is 0.246 e. The van der Waals surface area contributed by atoms with Crippen LogP contribution in [0.4, 0.5) is 4.39 Å². The van der Waals surface area contributed by atoms with Gasteiger partial charge in [0, 0.05) is 0 Å². The Balaban J connectivity index is 2.67. The summed E-state index contributed by atoms with van der Waals surface area (Å²) in [5.74, 6) is 0. The topological polar surface area (TPSA) is 25.8 Å². The van der Waals surface area contributed by atoms with E-state index in [4.69, 9.17) is 0 Å². The van der Waals surface area contributed by atoms with Crippen LogP contribution in [0, 0.1) is 6.20 Å². The molecule has 12 heavy (non-hydrogen) atoms. The number of fused-ring (bicyclic) bond motifs is 1. The van der Waals surface area contributed by atoms with Crippen molar-refractivity contribution in [1.29, 1.82) is 0 Å². The third-order valence-electron chi connectivity index (χ3n) is 1.57. The van der Waals surface area contributed by atoms with Crippen LogP contribution in [0.1, 0.15) is 5.69 Å². The lowest BCUT2D eigenvalue weighted by molar-refractivity contribution is 0.475. The Kier molecular flexibility index (Phi) is 1.70. The van der Waals surface area contributed by atoms with E-state index in [0.29, 0.717) is 5.52 Å². The summed E-state index contributed by atoms with van der Waals surface area (Å²) in [5.41, 5.74) is 1.72. The first-order valence-electron chi connectivity index (χ1n) is 3.59. The Labute approximate surface area is 69.1 Å². The van der Waals surface area contributed by atoms with Gasteiger partial charge in [-0.15, -0.1) is 0 Å². The van der Waals surface area contributed by atoms with Crippen LogP contribution in [0.5, 0.6) is 0 Å². The number of nitrogens with zero attached hydrogens (tertiary/aromatic N) is 2. The quantitative estimate of drug-likeness (QED) is 0.638. The summed E-state index contributed by atoms with van der Waals surface area (Å²) in [6.45, 7) is -0.613. The van der Waals surface area contributed by atoms with Crippen molar-refractivity contribution in [2.24, 2.45) is 0 Å². The Morgan fingerprint density at radius 2 is 2.00 bits per heavy atom. The van der Waals surface area contributed by atoms with Gasteiger partial charge in [0.25, 0.3) is 0 Å². The van der Waals surface area contributed by atoms with E-state index in [1.807, 2.05) is 18.2 Å². The van der Waals surface area contributed by atoms with Crippen molar-refractivity contribution < 1.29 is 4.39 Å². The van der Waals surface area contributed by atoms with Gasteiger partial charge >= 0.3 is 0 Å². The van der Waals surface area contributed by atoms with Crippen molar-refractivity contribution in [3.63, 3.8) is 0 Å². The fourth-order valence-corrected chi connectivity index (χ4v) is 1.01. The molecule has 0 amide bonds. The van der Waals surface area contributed by atoms with E-state index in [-0.39, 0.29) is 5.69 Å². The lowest BCUT2D eigenvalue weighted by Crippen LogP contribution is -1.89. The minimum Gasteiger partial charge on any atom is -0.246 e. The first-order chi connectivity index (χ1) is 5.90. The molecule has 0 unspecified atom stereocenters. The number of benzene rings is 1. The third kappa shape index (κ3) is 1.13.